The molecule has 0 saturated carbocycles. The van der Waals surface area contributed by atoms with E-state index in [1.165, 1.54) is 30.5 Å². The summed E-state index contributed by atoms with van der Waals surface area (Å²) in [6.45, 7) is 5.87. The SMILES string of the molecule is CCOc1cc(/C=N/NC(=O)c2ccc([N+](=O)[O-])cc2)cc(I)c1OCC(=O)Nc1cc(C)ccc1C. The van der Waals surface area contributed by atoms with Gasteiger partial charge in [-0.05, 0) is 90.4 Å². The summed E-state index contributed by atoms with van der Waals surface area (Å²) in [5, 5.41) is 17.6. The molecule has 3 aromatic carbocycles. The number of carbonyl (C=O) groups is 2. The highest BCUT2D eigenvalue weighted by Gasteiger charge is 2.15. The van der Waals surface area contributed by atoms with Crippen LogP contribution in [0.25, 0.3) is 0 Å². The van der Waals surface area contributed by atoms with E-state index in [-0.39, 0.29) is 23.8 Å². The first-order valence-corrected chi connectivity index (χ1v) is 12.3. The number of nitrogens with zero attached hydrogens (tertiary/aromatic N) is 2. The van der Waals surface area contributed by atoms with Gasteiger partial charge in [0.25, 0.3) is 17.5 Å². The summed E-state index contributed by atoms with van der Waals surface area (Å²) in [6.07, 6.45) is 1.44. The number of hydrogen-bond acceptors (Lipinski definition) is 7. The number of ether oxygens (including phenoxy) is 2. The molecule has 0 bridgehead atoms. The second kappa shape index (κ2) is 12.8. The van der Waals surface area contributed by atoms with Gasteiger partial charge in [0.05, 0.1) is 21.3 Å². The van der Waals surface area contributed by atoms with E-state index in [1.54, 1.807) is 12.1 Å². The number of nitro groups is 1. The van der Waals surface area contributed by atoms with E-state index in [4.69, 9.17) is 9.47 Å². The van der Waals surface area contributed by atoms with Crippen LogP contribution in [0.3, 0.4) is 0 Å². The number of hydrazone groups is 1. The van der Waals surface area contributed by atoms with E-state index >= 15 is 0 Å². The van der Waals surface area contributed by atoms with Gasteiger partial charge in [0.2, 0.25) is 0 Å². The number of carbonyl (C=O) groups excluding carboxylic acids is 2. The highest BCUT2D eigenvalue weighted by molar-refractivity contribution is 14.1. The fourth-order valence-electron chi connectivity index (χ4n) is 3.22. The predicted molar refractivity (Wildman–Crippen MR) is 149 cm³/mol. The molecule has 2 amide bonds. The van der Waals surface area contributed by atoms with Crippen LogP contribution in [0.2, 0.25) is 0 Å². The van der Waals surface area contributed by atoms with Crippen LogP contribution in [0.4, 0.5) is 11.4 Å². The standard InChI is InChI=1S/C26H25IN4O6/c1-4-36-23-13-18(14-28-30-26(33)19-7-9-20(10-8-19)31(34)35)12-21(27)25(23)37-15-24(32)29-22-11-16(2)5-6-17(22)3/h5-14H,4,15H2,1-3H3,(H,29,32)(H,30,33)/b28-14+. The van der Waals surface area contributed by atoms with Crippen molar-refractivity contribution in [2.45, 2.75) is 20.8 Å². The van der Waals surface area contributed by atoms with Gasteiger partial charge in [-0.15, -0.1) is 0 Å². The van der Waals surface area contributed by atoms with Crippen molar-refractivity contribution in [2.75, 3.05) is 18.5 Å². The number of amides is 2. The summed E-state index contributed by atoms with van der Waals surface area (Å²) in [5.74, 6) is 0.0370. The Kier molecular flexibility index (Phi) is 9.55. The highest BCUT2D eigenvalue weighted by Crippen LogP contribution is 2.34. The number of benzene rings is 3. The topological polar surface area (TPSA) is 132 Å². The Bertz CT molecular complexity index is 1340. The molecule has 0 radical (unpaired) electrons. The van der Waals surface area contributed by atoms with Crippen LogP contribution >= 0.6 is 22.6 Å². The number of anilines is 1. The molecule has 0 spiro atoms. The van der Waals surface area contributed by atoms with Gasteiger partial charge in [0, 0.05) is 23.4 Å². The molecule has 0 aliphatic rings. The maximum Gasteiger partial charge on any atom is 0.271 e. The zero-order chi connectivity index (χ0) is 26.9. The smallest absolute Gasteiger partial charge is 0.271 e. The molecular weight excluding hydrogens is 591 g/mol. The molecule has 0 aliphatic carbocycles. The van der Waals surface area contributed by atoms with Crippen molar-refractivity contribution in [2.24, 2.45) is 5.10 Å². The van der Waals surface area contributed by atoms with Crippen LogP contribution in [0.5, 0.6) is 11.5 Å². The third-order valence-electron chi connectivity index (χ3n) is 5.07. The van der Waals surface area contributed by atoms with Crippen molar-refractivity contribution in [1.82, 2.24) is 5.43 Å². The first-order valence-electron chi connectivity index (χ1n) is 11.2. The summed E-state index contributed by atoms with van der Waals surface area (Å²) >= 11 is 2.07. The lowest BCUT2D eigenvalue weighted by Gasteiger charge is -2.15. The monoisotopic (exact) mass is 616 g/mol. The number of halogens is 1. The average molecular weight is 616 g/mol. The molecule has 0 aliphatic heterocycles. The van der Waals surface area contributed by atoms with E-state index in [0.717, 1.165) is 16.8 Å². The number of rotatable bonds is 10. The lowest BCUT2D eigenvalue weighted by Crippen LogP contribution is -2.21. The Hall–Kier alpha value is -4.00. The van der Waals surface area contributed by atoms with Crippen LogP contribution in [0.15, 0.2) is 59.7 Å². The molecule has 0 fully saturated rings. The molecule has 3 rings (SSSR count). The van der Waals surface area contributed by atoms with Gasteiger partial charge in [0.15, 0.2) is 18.1 Å². The highest BCUT2D eigenvalue weighted by atomic mass is 127. The molecule has 0 heterocycles. The largest absolute Gasteiger partial charge is 0.490 e. The minimum absolute atomic E-state index is 0.108. The van der Waals surface area contributed by atoms with Crippen LogP contribution < -0.4 is 20.2 Å². The zero-order valence-electron chi connectivity index (χ0n) is 20.4. The molecule has 11 heteroatoms. The Morgan fingerprint density at radius 3 is 2.49 bits per heavy atom. The molecule has 10 nitrogen and oxygen atoms in total. The van der Waals surface area contributed by atoms with Gasteiger partial charge < -0.3 is 14.8 Å². The van der Waals surface area contributed by atoms with E-state index in [0.29, 0.717) is 27.2 Å². The number of non-ortho nitro benzene ring substituents is 1. The van der Waals surface area contributed by atoms with Crippen molar-refractivity contribution >= 4 is 52.0 Å². The predicted octanol–water partition coefficient (Wildman–Crippen LogP) is 5.00. The number of nitrogens with one attached hydrogen (secondary N) is 2. The quantitative estimate of drug-likeness (QED) is 0.143. The van der Waals surface area contributed by atoms with Crippen LogP contribution in [-0.4, -0.2) is 36.2 Å². The Morgan fingerprint density at radius 2 is 1.81 bits per heavy atom. The second-order valence-corrected chi connectivity index (χ2v) is 9.08. The van der Waals surface area contributed by atoms with E-state index in [1.807, 2.05) is 39.0 Å². The molecular formula is C26H25IN4O6. The number of hydrogen-bond donors (Lipinski definition) is 2. The fraction of sp³-hybridized carbons (Fsp3) is 0.192. The summed E-state index contributed by atoms with van der Waals surface area (Å²) in [4.78, 5) is 35.0. The van der Waals surface area contributed by atoms with Gasteiger partial charge in [-0.25, -0.2) is 5.43 Å². The van der Waals surface area contributed by atoms with E-state index in [2.05, 4.69) is 38.4 Å². The maximum atomic E-state index is 12.5. The van der Waals surface area contributed by atoms with Gasteiger partial charge in [-0.3, -0.25) is 19.7 Å². The van der Waals surface area contributed by atoms with E-state index in [9.17, 15) is 19.7 Å². The normalized spacial score (nSPS) is 10.7. The molecule has 3 aromatic rings. The van der Waals surface area contributed by atoms with Crippen LogP contribution in [0.1, 0.15) is 34.0 Å². The fourth-order valence-corrected chi connectivity index (χ4v) is 4.01. The third-order valence-corrected chi connectivity index (χ3v) is 5.87. The van der Waals surface area contributed by atoms with Gasteiger partial charge in [-0.2, -0.15) is 5.10 Å². The zero-order valence-corrected chi connectivity index (χ0v) is 22.6. The van der Waals surface area contributed by atoms with Crippen molar-refractivity contribution in [3.63, 3.8) is 0 Å². The number of nitro benzene ring substituents is 1. The Labute approximate surface area is 227 Å². The summed E-state index contributed by atoms with van der Waals surface area (Å²) in [5.41, 5.74) is 5.86. The van der Waals surface area contributed by atoms with Crippen LogP contribution in [-0.2, 0) is 4.79 Å². The molecule has 0 unspecified atom stereocenters. The first-order chi connectivity index (χ1) is 17.7. The lowest BCUT2D eigenvalue weighted by atomic mass is 10.1. The molecule has 0 aromatic heterocycles. The summed E-state index contributed by atoms with van der Waals surface area (Å²) in [6, 6.07) is 14.5. The molecule has 0 saturated heterocycles. The van der Waals surface area contributed by atoms with Crippen molar-refractivity contribution in [1.29, 1.82) is 0 Å². The van der Waals surface area contributed by atoms with Gasteiger partial charge in [-0.1, -0.05) is 12.1 Å². The Morgan fingerprint density at radius 1 is 1.08 bits per heavy atom. The lowest BCUT2D eigenvalue weighted by molar-refractivity contribution is -0.384. The van der Waals surface area contributed by atoms with E-state index < -0.39 is 10.8 Å². The average Bonchev–Trinajstić information content (AvgIpc) is 2.86. The maximum absolute atomic E-state index is 12.5. The molecule has 192 valence electrons. The van der Waals surface area contributed by atoms with Gasteiger partial charge >= 0.3 is 0 Å². The Balaban J connectivity index is 1.66. The summed E-state index contributed by atoms with van der Waals surface area (Å²) < 4.78 is 12.2. The number of aryl methyl sites for hydroxylation is 2. The third kappa shape index (κ3) is 7.74. The van der Waals surface area contributed by atoms with Crippen molar-refractivity contribution < 1.29 is 24.0 Å². The van der Waals surface area contributed by atoms with Crippen LogP contribution in [0, 0.1) is 27.5 Å². The van der Waals surface area contributed by atoms with Gasteiger partial charge in [0.1, 0.15) is 0 Å². The molecule has 37 heavy (non-hydrogen) atoms. The molecule has 2 N–H and O–H groups in total. The summed E-state index contributed by atoms with van der Waals surface area (Å²) in [7, 11) is 0. The first kappa shape index (κ1) is 27.6. The minimum Gasteiger partial charge on any atom is -0.490 e. The van der Waals surface area contributed by atoms with Crippen molar-refractivity contribution in [3.8, 4) is 11.5 Å². The van der Waals surface area contributed by atoms with Crippen molar-refractivity contribution in [3.05, 3.63) is 90.5 Å². The molecule has 0 atom stereocenters. The second-order valence-electron chi connectivity index (χ2n) is 7.92. The minimum atomic E-state index is -0.539.